The number of quaternary nitrogens is 1. The van der Waals surface area contributed by atoms with Gasteiger partial charge in [-0.1, -0.05) is 254 Å². The van der Waals surface area contributed by atoms with Gasteiger partial charge in [-0.25, -0.2) is 4.57 Å². The molecule has 3 N–H and O–H groups in total. The lowest BCUT2D eigenvalue weighted by atomic mass is 10.0. The fourth-order valence-electron chi connectivity index (χ4n) is 8.54. The van der Waals surface area contributed by atoms with Crippen molar-refractivity contribution in [2.45, 2.75) is 283 Å². The molecule has 0 aliphatic heterocycles. The fourth-order valence-corrected chi connectivity index (χ4v) is 9.27. The third kappa shape index (κ3) is 54.0. The van der Waals surface area contributed by atoms with Crippen molar-refractivity contribution in [1.29, 1.82) is 0 Å². The lowest BCUT2D eigenvalue weighted by molar-refractivity contribution is -0.870. The van der Waals surface area contributed by atoms with E-state index in [1.165, 1.54) is 199 Å². The molecule has 0 aliphatic rings. The van der Waals surface area contributed by atoms with E-state index < -0.39 is 20.0 Å². The van der Waals surface area contributed by atoms with Gasteiger partial charge in [0.15, 0.2) is 0 Å². The predicted molar refractivity (Wildman–Crippen MR) is 304 cm³/mol. The number of rotatable bonds is 54. The van der Waals surface area contributed by atoms with Crippen LogP contribution in [0, 0.1) is 0 Å². The van der Waals surface area contributed by atoms with Crippen LogP contribution < -0.4 is 5.32 Å². The van der Waals surface area contributed by atoms with Crippen LogP contribution in [0.25, 0.3) is 0 Å². The molecule has 8 nitrogen and oxygen atoms in total. The zero-order valence-electron chi connectivity index (χ0n) is 46.8. The summed E-state index contributed by atoms with van der Waals surface area (Å²) in [4.78, 5) is 23.2. The maximum atomic E-state index is 12.9. The number of phosphoric acid groups is 1. The summed E-state index contributed by atoms with van der Waals surface area (Å²) in [6, 6.07) is -0.862. The molecule has 3 atom stereocenters. The number of likely N-dealkylation sites (N-methyl/N-ethyl adjacent to an activating group) is 1. The van der Waals surface area contributed by atoms with Crippen molar-refractivity contribution in [2.24, 2.45) is 0 Å². The van der Waals surface area contributed by atoms with Gasteiger partial charge < -0.3 is 19.8 Å². The number of hydrogen-bond donors (Lipinski definition) is 3. The van der Waals surface area contributed by atoms with Gasteiger partial charge in [-0.15, -0.1) is 0 Å². The molecule has 0 spiro atoms. The molecule has 410 valence electrons. The van der Waals surface area contributed by atoms with Gasteiger partial charge in [0, 0.05) is 6.42 Å². The first-order valence-corrected chi connectivity index (χ1v) is 31.2. The first-order valence-electron chi connectivity index (χ1n) is 29.7. The van der Waals surface area contributed by atoms with Crippen LogP contribution >= 0.6 is 7.82 Å². The van der Waals surface area contributed by atoms with Crippen LogP contribution in [0.5, 0.6) is 0 Å². The first kappa shape index (κ1) is 68.2. The van der Waals surface area contributed by atoms with Crippen LogP contribution in [0.1, 0.15) is 271 Å². The zero-order valence-corrected chi connectivity index (χ0v) is 47.7. The molecule has 0 aromatic rings. The van der Waals surface area contributed by atoms with Crippen molar-refractivity contribution in [1.82, 2.24) is 5.32 Å². The molecule has 0 saturated heterocycles. The first-order chi connectivity index (χ1) is 34.0. The molecule has 0 aromatic heterocycles. The summed E-state index contributed by atoms with van der Waals surface area (Å²) in [6.07, 6.45) is 70.7. The van der Waals surface area contributed by atoms with Crippen LogP contribution in [-0.2, 0) is 18.4 Å². The molecule has 0 fully saturated rings. The lowest BCUT2D eigenvalue weighted by Crippen LogP contribution is -2.45. The molecule has 1 amide bonds. The van der Waals surface area contributed by atoms with E-state index in [1.54, 1.807) is 6.08 Å². The lowest BCUT2D eigenvalue weighted by Gasteiger charge is -2.25. The summed E-state index contributed by atoms with van der Waals surface area (Å²) in [5.74, 6) is -0.186. The van der Waals surface area contributed by atoms with Crippen LogP contribution in [0.2, 0.25) is 0 Å². The highest BCUT2D eigenvalue weighted by molar-refractivity contribution is 7.47. The van der Waals surface area contributed by atoms with E-state index in [4.69, 9.17) is 9.05 Å². The van der Waals surface area contributed by atoms with E-state index in [0.717, 1.165) is 51.4 Å². The van der Waals surface area contributed by atoms with Crippen LogP contribution in [0.15, 0.2) is 60.8 Å². The second kappa shape index (κ2) is 52.1. The molecule has 0 heterocycles. The number of carbonyl (C=O) groups is 1. The standard InChI is InChI=1S/C61H115N2O6P/c1-6-8-10-12-14-16-18-19-20-21-22-23-24-25-26-27-28-29-30-31-32-33-34-35-36-37-38-39-40-41-42-43-45-47-49-51-53-55-61(65)62-59(58-69-70(66,67)68-57-56-63(3,4)5)60(64)54-52-50-48-46-44-17-15-13-11-9-7-2/h18-19,21-22,24-25,44,46,52,54,59-60,64H,6-17,20,23,26-43,45,47-51,53,55-58H2,1-5H3,(H-,62,65,66,67)/p+1/b19-18-,22-21-,25-24-,46-44+,54-52+. The van der Waals surface area contributed by atoms with Gasteiger partial charge in [-0.05, 0) is 70.6 Å². The average molecular weight is 1000 g/mol. The molecular formula is C61H116N2O6P+. The predicted octanol–water partition coefficient (Wildman–Crippen LogP) is 18.1. The van der Waals surface area contributed by atoms with Gasteiger partial charge in [0.05, 0.1) is 39.9 Å². The summed E-state index contributed by atoms with van der Waals surface area (Å²) < 4.78 is 23.6. The molecule has 0 radical (unpaired) electrons. The molecule has 0 aliphatic carbocycles. The molecule has 3 unspecified atom stereocenters. The average Bonchev–Trinajstić information content (AvgIpc) is 3.32. The molecule has 0 bridgehead atoms. The minimum atomic E-state index is -4.35. The Bertz CT molecular complexity index is 1320. The summed E-state index contributed by atoms with van der Waals surface area (Å²) in [5.41, 5.74) is 0. The number of phosphoric ester groups is 1. The summed E-state index contributed by atoms with van der Waals surface area (Å²) in [7, 11) is 1.56. The smallest absolute Gasteiger partial charge is 0.387 e. The number of aliphatic hydroxyl groups is 1. The van der Waals surface area contributed by atoms with E-state index in [-0.39, 0.29) is 19.1 Å². The Kier molecular flexibility index (Phi) is 50.7. The van der Waals surface area contributed by atoms with E-state index >= 15 is 0 Å². The third-order valence-electron chi connectivity index (χ3n) is 13.2. The Balaban J connectivity index is 3.91. The molecule has 0 aromatic carbocycles. The normalized spacial score (nSPS) is 14.3. The molecule has 0 saturated carbocycles. The largest absolute Gasteiger partial charge is 0.472 e. The van der Waals surface area contributed by atoms with E-state index in [1.807, 2.05) is 27.2 Å². The minimum absolute atomic E-state index is 0.0560. The molecule has 0 rings (SSSR count). The number of allylic oxidation sites excluding steroid dienone is 9. The summed E-state index contributed by atoms with van der Waals surface area (Å²) in [5, 5.41) is 13.8. The Labute approximate surface area is 434 Å². The topological polar surface area (TPSA) is 105 Å². The van der Waals surface area contributed by atoms with Gasteiger partial charge >= 0.3 is 7.82 Å². The highest BCUT2D eigenvalue weighted by Crippen LogP contribution is 2.43. The Hall–Kier alpha value is -1.80. The Morgan fingerprint density at radius 1 is 0.486 bits per heavy atom. The van der Waals surface area contributed by atoms with Gasteiger partial charge in [-0.3, -0.25) is 13.8 Å². The SMILES string of the molecule is CCCCCCC/C=C\C/C=C\C/C=C\CCCCCCCCCCCCCCCCCCCCCCCCC(=O)NC(COP(=O)(O)OCC[N+](C)(C)C)C(O)/C=C/CC/C=C/CCCCCCC. The monoisotopic (exact) mass is 1000 g/mol. The van der Waals surface area contributed by atoms with Gasteiger partial charge in [0.1, 0.15) is 13.2 Å². The third-order valence-corrected chi connectivity index (χ3v) is 14.2. The van der Waals surface area contributed by atoms with Crippen LogP contribution in [-0.4, -0.2) is 73.4 Å². The van der Waals surface area contributed by atoms with Crippen molar-refractivity contribution >= 4 is 13.7 Å². The van der Waals surface area contributed by atoms with Crippen molar-refractivity contribution < 1.29 is 32.9 Å². The minimum Gasteiger partial charge on any atom is -0.387 e. The number of amides is 1. The van der Waals surface area contributed by atoms with Crippen LogP contribution in [0.3, 0.4) is 0 Å². The highest BCUT2D eigenvalue weighted by atomic mass is 31.2. The number of nitrogens with one attached hydrogen (secondary N) is 1. The summed E-state index contributed by atoms with van der Waals surface area (Å²) >= 11 is 0. The molecule has 9 heteroatoms. The van der Waals surface area contributed by atoms with Gasteiger partial charge in [-0.2, -0.15) is 0 Å². The Morgan fingerprint density at radius 2 is 0.829 bits per heavy atom. The van der Waals surface area contributed by atoms with Crippen molar-refractivity contribution in [3.8, 4) is 0 Å². The van der Waals surface area contributed by atoms with E-state index in [0.29, 0.717) is 17.4 Å². The van der Waals surface area contributed by atoms with Gasteiger partial charge in [0.25, 0.3) is 0 Å². The maximum Gasteiger partial charge on any atom is 0.472 e. The second-order valence-corrected chi connectivity index (χ2v) is 22.8. The highest BCUT2D eigenvalue weighted by Gasteiger charge is 2.27. The molecule has 70 heavy (non-hydrogen) atoms. The number of aliphatic hydroxyl groups excluding tert-OH is 1. The number of nitrogens with zero attached hydrogens (tertiary/aromatic N) is 1. The van der Waals surface area contributed by atoms with Crippen molar-refractivity contribution in [3.05, 3.63) is 60.8 Å². The van der Waals surface area contributed by atoms with Crippen molar-refractivity contribution in [3.63, 3.8) is 0 Å². The molecular weight excluding hydrogens is 888 g/mol. The maximum absolute atomic E-state index is 12.9. The fraction of sp³-hybridized carbons (Fsp3) is 0.820. The van der Waals surface area contributed by atoms with Crippen molar-refractivity contribution in [2.75, 3.05) is 40.9 Å². The van der Waals surface area contributed by atoms with E-state index in [9.17, 15) is 19.4 Å². The Morgan fingerprint density at radius 3 is 1.24 bits per heavy atom. The number of carbonyl (C=O) groups excluding carboxylic acids is 1. The van der Waals surface area contributed by atoms with Crippen LogP contribution in [0.4, 0.5) is 0 Å². The zero-order chi connectivity index (χ0) is 51.3. The second-order valence-electron chi connectivity index (χ2n) is 21.4. The summed E-state index contributed by atoms with van der Waals surface area (Å²) in [6.45, 7) is 4.77. The number of unbranched alkanes of at least 4 members (excludes halogenated alkanes) is 33. The van der Waals surface area contributed by atoms with Gasteiger partial charge in [0.2, 0.25) is 5.91 Å². The number of hydrogen-bond acceptors (Lipinski definition) is 5. The van der Waals surface area contributed by atoms with E-state index in [2.05, 4.69) is 67.8 Å². The quantitative estimate of drug-likeness (QED) is 0.0243.